The molecular weight excluding hydrogens is 583 g/mol. The number of para-hydroxylation sites is 1. The number of nitrogens with zero attached hydrogens (tertiary/aromatic N) is 3. The van der Waals surface area contributed by atoms with Crippen LogP contribution in [0.25, 0.3) is 97.8 Å². The molecule has 5 heteroatoms. The molecule has 7 aromatic carbocycles. The highest BCUT2D eigenvalue weighted by atomic mass is 32.1. The largest absolute Gasteiger partial charge is 0.456 e. The van der Waals surface area contributed by atoms with Crippen LogP contribution in [-0.4, -0.2) is 15.0 Å². The smallest absolute Gasteiger partial charge is 0.164 e. The third kappa shape index (κ3) is 3.76. The van der Waals surface area contributed by atoms with Crippen LogP contribution in [0.4, 0.5) is 0 Å². The number of thiophene rings is 1. The van der Waals surface area contributed by atoms with Crippen molar-refractivity contribution in [1.82, 2.24) is 15.0 Å². The first-order valence-electron chi connectivity index (χ1n) is 15.3. The van der Waals surface area contributed by atoms with Crippen LogP contribution in [0.2, 0.25) is 0 Å². The topological polar surface area (TPSA) is 51.8 Å². The highest BCUT2D eigenvalue weighted by Gasteiger charge is 2.20. The van der Waals surface area contributed by atoms with Crippen molar-refractivity contribution in [3.63, 3.8) is 0 Å². The molecule has 0 saturated carbocycles. The Morgan fingerprint density at radius 2 is 1.07 bits per heavy atom. The van der Waals surface area contributed by atoms with Gasteiger partial charge in [0.2, 0.25) is 0 Å². The van der Waals surface area contributed by atoms with Gasteiger partial charge in [0.25, 0.3) is 0 Å². The van der Waals surface area contributed by atoms with Crippen LogP contribution < -0.4 is 0 Å². The van der Waals surface area contributed by atoms with Crippen LogP contribution in [0.15, 0.2) is 144 Å². The Kier molecular flexibility index (Phi) is 5.41. The predicted octanol–water partition coefficient (Wildman–Crippen LogP) is 11.4. The molecule has 0 radical (unpaired) electrons. The molecule has 0 fully saturated rings. The molecule has 0 unspecified atom stereocenters. The minimum absolute atomic E-state index is 0.619. The van der Waals surface area contributed by atoms with Gasteiger partial charge in [-0.25, -0.2) is 15.0 Å². The summed E-state index contributed by atoms with van der Waals surface area (Å²) in [4.78, 5) is 15.4. The fourth-order valence-electron chi connectivity index (χ4n) is 6.85. The van der Waals surface area contributed by atoms with Gasteiger partial charge in [0.1, 0.15) is 11.2 Å². The third-order valence-electron chi connectivity index (χ3n) is 8.92. The third-order valence-corrected chi connectivity index (χ3v) is 10.1. The van der Waals surface area contributed by atoms with Crippen molar-refractivity contribution in [2.24, 2.45) is 0 Å². The number of hydrogen-bond donors (Lipinski definition) is 0. The first kappa shape index (κ1) is 25.4. The number of benzene rings is 7. The Hall–Kier alpha value is -5.91. The van der Waals surface area contributed by atoms with E-state index in [1.807, 2.05) is 59.9 Å². The summed E-state index contributed by atoms with van der Waals surface area (Å²) in [6.45, 7) is 0. The Labute approximate surface area is 267 Å². The van der Waals surface area contributed by atoms with Crippen molar-refractivity contribution >= 4 is 75.0 Å². The highest BCUT2D eigenvalue weighted by molar-refractivity contribution is 7.27. The number of hydrogen-bond acceptors (Lipinski definition) is 5. The summed E-state index contributed by atoms with van der Waals surface area (Å²) in [6, 6.07) is 48.4. The molecule has 3 aromatic heterocycles. The molecule has 0 N–H and O–H groups in total. The molecule has 0 saturated heterocycles. The summed E-state index contributed by atoms with van der Waals surface area (Å²) in [7, 11) is 0. The van der Waals surface area contributed by atoms with Gasteiger partial charge in [0.05, 0.1) is 0 Å². The number of rotatable bonds is 3. The van der Waals surface area contributed by atoms with E-state index in [0.29, 0.717) is 17.5 Å². The molecule has 3 heterocycles. The van der Waals surface area contributed by atoms with E-state index in [0.717, 1.165) is 38.6 Å². The fourth-order valence-corrected chi connectivity index (χ4v) is 8.15. The summed E-state index contributed by atoms with van der Waals surface area (Å²) in [5, 5.41) is 9.49. The van der Waals surface area contributed by atoms with Gasteiger partial charge >= 0.3 is 0 Å². The second-order valence-electron chi connectivity index (χ2n) is 11.6. The van der Waals surface area contributed by atoms with Gasteiger partial charge in [-0.15, -0.1) is 11.3 Å². The first-order valence-corrected chi connectivity index (χ1v) is 16.1. The molecule has 214 valence electrons. The Bertz CT molecular complexity index is 2820. The average molecular weight is 606 g/mol. The van der Waals surface area contributed by atoms with E-state index in [4.69, 9.17) is 19.4 Å². The number of furan rings is 1. The second kappa shape index (κ2) is 9.80. The van der Waals surface area contributed by atoms with E-state index in [1.165, 1.54) is 41.7 Å². The summed E-state index contributed by atoms with van der Waals surface area (Å²) in [5.41, 5.74) is 4.51. The van der Waals surface area contributed by atoms with Crippen LogP contribution in [0.1, 0.15) is 0 Å². The van der Waals surface area contributed by atoms with Crippen LogP contribution in [-0.2, 0) is 0 Å². The van der Waals surface area contributed by atoms with E-state index in [1.54, 1.807) is 0 Å². The van der Waals surface area contributed by atoms with Gasteiger partial charge in [-0.3, -0.25) is 0 Å². The van der Waals surface area contributed by atoms with E-state index in [2.05, 4.69) is 91.0 Å². The minimum atomic E-state index is 0.619. The SMILES string of the molecule is c1ccc(-c2nc(-c3cccc4oc5ccccc5c34)nc(-c3cccc4sc5c(ccc6ccc7ccccc7c65)c34)n2)cc1. The van der Waals surface area contributed by atoms with Gasteiger partial charge in [-0.1, -0.05) is 121 Å². The van der Waals surface area contributed by atoms with Gasteiger partial charge < -0.3 is 4.42 Å². The van der Waals surface area contributed by atoms with E-state index in [-0.39, 0.29) is 0 Å². The molecule has 10 rings (SSSR count). The summed E-state index contributed by atoms with van der Waals surface area (Å²) in [6.07, 6.45) is 0. The second-order valence-corrected chi connectivity index (χ2v) is 12.6. The predicted molar refractivity (Wildman–Crippen MR) is 191 cm³/mol. The maximum Gasteiger partial charge on any atom is 0.164 e. The zero-order valence-corrected chi connectivity index (χ0v) is 25.3. The Morgan fingerprint density at radius 1 is 0.413 bits per heavy atom. The van der Waals surface area contributed by atoms with Crippen molar-refractivity contribution in [3.8, 4) is 34.2 Å². The molecule has 46 heavy (non-hydrogen) atoms. The molecule has 0 atom stereocenters. The normalized spacial score (nSPS) is 11.9. The van der Waals surface area contributed by atoms with Crippen molar-refractivity contribution < 1.29 is 4.42 Å². The van der Waals surface area contributed by atoms with E-state index >= 15 is 0 Å². The van der Waals surface area contributed by atoms with Gasteiger partial charge in [0, 0.05) is 53.0 Å². The Morgan fingerprint density at radius 3 is 1.93 bits per heavy atom. The molecule has 0 aliphatic heterocycles. The molecule has 10 aromatic rings. The summed E-state index contributed by atoms with van der Waals surface area (Å²) >= 11 is 1.84. The van der Waals surface area contributed by atoms with Gasteiger partial charge in [0.15, 0.2) is 17.5 Å². The zero-order valence-electron chi connectivity index (χ0n) is 24.4. The van der Waals surface area contributed by atoms with E-state index in [9.17, 15) is 0 Å². The van der Waals surface area contributed by atoms with Crippen LogP contribution >= 0.6 is 11.3 Å². The lowest BCUT2D eigenvalue weighted by Gasteiger charge is -2.10. The Balaban J connectivity index is 1.29. The molecule has 0 amide bonds. The quantitative estimate of drug-likeness (QED) is 0.188. The summed E-state index contributed by atoms with van der Waals surface area (Å²) in [5.74, 6) is 1.91. The van der Waals surface area contributed by atoms with E-state index < -0.39 is 0 Å². The zero-order chi connectivity index (χ0) is 30.2. The van der Waals surface area contributed by atoms with Crippen molar-refractivity contribution in [2.45, 2.75) is 0 Å². The standard InChI is InChI=1S/C41H23N3OS/c1-2-11-26(12-3-1)39-42-40(30-15-8-18-33-36(30)28-14-6-7-17-32(28)45-33)44-41(43-39)31-16-9-19-34-37(31)29-23-22-25-21-20-24-10-4-5-13-27(24)35(25)38(29)46-34/h1-23H. The molecule has 0 bridgehead atoms. The average Bonchev–Trinajstić information content (AvgIpc) is 3.70. The lowest BCUT2D eigenvalue weighted by molar-refractivity contribution is 0.669. The monoisotopic (exact) mass is 605 g/mol. The highest BCUT2D eigenvalue weighted by Crippen LogP contribution is 2.44. The number of aromatic nitrogens is 3. The lowest BCUT2D eigenvalue weighted by Crippen LogP contribution is -2.00. The van der Waals surface area contributed by atoms with Crippen molar-refractivity contribution in [2.75, 3.05) is 0 Å². The van der Waals surface area contributed by atoms with Crippen molar-refractivity contribution in [3.05, 3.63) is 140 Å². The maximum absolute atomic E-state index is 6.24. The molecule has 0 spiro atoms. The van der Waals surface area contributed by atoms with Crippen molar-refractivity contribution in [1.29, 1.82) is 0 Å². The lowest BCUT2D eigenvalue weighted by atomic mass is 9.98. The molecule has 4 nitrogen and oxygen atoms in total. The molecule has 0 aliphatic rings. The van der Waals surface area contributed by atoms with Crippen LogP contribution in [0.3, 0.4) is 0 Å². The minimum Gasteiger partial charge on any atom is -0.456 e. The number of fused-ring (bicyclic) bond motifs is 10. The molecular formula is C41H23N3OS. The van der Waals surface area contributed by atoms with Crippen LogP contribution in [0.5, 0.6) is 0 Å². The van der Waals surface area contributed by atoms with Crippen LogP contribution in [0, 0.1) is 0 Å². The maximum atomic E-state index is 6.24. The first-order chi connectivity index (χ1) is 22.8. The molecule has 0 aliphatic carbocycles. The van der Waals surface area contributed by atoms with Gasteiger partial charge in [-0.2, -0.15) is 0 Å². The fraction of sp³-hybridized carbons (Fsp3) is 0. The summed E-state index contributed by atoms with van der Waals surface area (Å²) < 4.78 is 8.72. The van der Waals surface area contributed by atoms with Gasteiger partial charge in [-0.05, 0) is 34.4 Å².